The van der Waals surface area contributed by atoms with E-state index in [1.807, 2.05) is 0 Å². The molecule has 3 aliphatic heterocycles. The fraction of sp³-hybridized carbons (Fsp3) is 0.938. The summed E-state index contributed by atoms with van der Waals surface area (Å²) in [6, 6.07) is 0. The molecule has 1 unspecified atom stereocenters. The van der Waals surface area contributed by atoms with Crippen LogP contribution >= 0.6 is 0 Å². The smallest absolute Gasteiger partial charge is 0.311 e. The highest BCUT2D eigenvalue weighted by molar-refractivity contribution is 5.73. The minimum absolute atomic E-state index is 0.0365. The summed E-state index contributed by atoms with van der Waals surface area (Å²) in [7, 11) is 0. The molecular weight excluding hydrogens is 352 g/mol. The zero-order valence-electron chi connectivity index (χ0n) is 14.4. The molecule has 150 valence electrons. The van der Waals surface area contributed by atoms with Crippen molar-refractivity contribution in [1.29, 1.82) is 0 Å². The standard InChI is InChI=1S/C16H26O10/c1-6(18)10-7-2-3-23-14(22)8(7)5-24-15(10)26-16-13(21)12(20)11(19)9(4-17)25-16/h6-13,15-21H,2-5H2,1H3/t6?,7-,8+,9-,10-,11-,12+,13-,15+,16+/m1/s1. The van der Waals surface area contributed by atoms with Gasteiger partial charge < -0.3 is 44.5 Å². The lowest BCUT2D eigenvalue weighted by atomic mass is 9.74. The summed E-state index contributed by atoms with van der Waals surface area (Å²) < 4.78 is 21.6. The Morgan fingerprint density at radius 3 is 2.58 bits per heavy atom. The summed E-state index contributed by atoms with van der Waals surface area (Å²) in [5, 5.41) is 49.3. The van der Waals surface area contributed by atoms with Gasteiger partial charge in [0.2, 0.25) is 0 Å². The van der Waals surface area contributed by atoms with Crippen molar-refractivity contribution in [2.75, 3.05) is 19.8 Å². The molecule has 0 aromatic heterocycles. The van der Waals surface area contributed by atoms with E-state index in [1.54, 1.807) is 6.92 Å². The van der Waals surface area contributed by atoms with Crippen molar-refractivity contribution in [2.45, 2.75) is 56.4 Å². The Bertz CT molecular complexity index is 497. The summed E-state index contributed by atoms with van der Waals surface area (Å²) in [6.07, 6.45) is -8.44. The maximum atomic E-state index is 11.9. The Kier molecular flexibility index (Phi) is 6.14. The van der Waals surface area contributed by atoms with Crippen LogP contribution in [0.3, 0.4) is 0 Å². The minimum Gasteiger partial charge on any atom is -0.465 e. The summed E-state index contributed by atoms with van der Waals surface area (Å²) >= 11 is 0. The van der Waals surface area contributed by atoms with Crippen molar-refractivity contribution >= 4 is 5.97 Å². The Labute approximate surface area is 150 Å². The van der Waals surface area contributed by atoms with Gasteiger partial charge in [0, 0.05) is 5.92 Å². The Morgan fingerprint density at radius 2 is 1.92 bits per heavy atom. The number of cyclic esters (lactones) is 1. The number of aliphatic hydroxyl groups excluding tert-OH is 5. The van der Waals surface area contributed by atoms with Gasteiger partial charge in [-0.1, -0.05) is 0 Å². The van der Waals surface area contributed by atoms with Gasteiger partial charge in [-0.15, -0.1) is 0 Å². The van der Waals surface area contributed by atoms with E-state index in [0.29, 0.717) is 6.42 Å². The molecular formula is C16H26O10. The van der Waals surface area contributed by atoms with Crippen molar-refractivity contribution in [3.05, 3.63) is 0 Å². The van der Waals surface area contributed by atoms with Crippen LogP contribution in [0.1, 0.15) is 13.3 Å². The molecule has 3 aliphatic rings. The normalized spacial score (nSPS) is 47.8. The van der Waals surface area contributed by atoms with E-state index in [1.165, 1.54) is 0 Å². The van der Waals surface area contributed by atoms with Gasteiger partial charge in [-0.3, -0.25) is 4.79 Å². The third-order valence-electron chi connectivity index (χ3n) is 5.44. The molecule has 3 rings (SSSR count). The molecule has 0 amide bonds. The third-order valence-corrected chi connectivity index (χ3v) is 5.44. The number of carbonyl (C=O) groups excluding carboxylic acids is 1. The lowest BCUT2D eigenvalue weighted by molar-refractivity contribution is -0.360. The number of fused-ring (bicyclic) bond motifs is 1. The largest absolute Gasteiger partial charge is 0.465 e. The van der Waals surface area contributed by atoms with Crippen molar-refractivity contribution < 1.29 is 49.3 Å². The van der Waals surface area contributed by atoms with Gasteiger partial charge in [-0.05, 0) is 19.3 Å². The van der Waals surface area contributed by atoms with Crippen molar-refractivity contribution in [2.24, 2.45) is 17.8 Å². The highest BCUT2D eigenvalue weighted by atomic mass is 16.8. The monoisotopic (exact) mass is 378 g/mol. The molecule has 0 radical (unpaired) electrons. The van der Waals surface area contributed by atoms with Crippen molar-refractivity contribution in [3.63, 3.8) is 0 Å². The van der Waals surface area contributed by atoms with Crippen LogP contribution in [-0.4, -0.2) is 94.4 Å². The lowest BCUT2D eigenvalue weighted by Gasteiger charge is -2.47. The maximum Gasteiger partial charge on any atom is 0.311 e. The maximum absolute atomic E-state index is 11.9. The second-order valence-corrected chi connectivity index (χ2v) is 7.08. The minimum atomic E-state index is -1.57. The topological polar surface area (TPSA) is 155 Å². The van der Waals surface area contributed by atoms with Crippen LogP contribution in [0.15, 0.2) is 0 Å². The first-order chi connectivity index (χ1) is 12.3. The molecule has 3 fully saturated rings. The summed E-state index contributed by atoms with van der Waals surface area (Å²) in [4.78, 5) is 11.9. The van der Waals surface area contributed by atoms with Crippen LogP contribution in [0.5, 0.6) is 0 Å². The second-order valence-electron chi connectivity index (χ2n) is 7.08. The molecule has 0 aromatic carbocycles. The third kappa shape index (κ3) is 3.60. The predicted molar refractivity (Wildman–Crippen MR) is 82.3 cm³/mol. The Hall–Kier alpha value is -0.850. The molecule has 26 heavy (non-hydrogen) atoms. The van der Waals surface area contributed by atoms with E-state index in [-0.39, 0.29) is 25.1 Å². The van der Waals surface area contributed by atoms with E-state index in [9.17, 15) is 30.3 Å². The van der Waals surface area contributed by atoms with E-state index in [4.69, 9.17) is 18.9 Å². The SMILES string of the molecule is CC(O)[C@H]1[C@H](O[C@@H]2O[C@H](CO)[C@@H](O)[C@H](O)[C@H]2O)OC[C@@H]2C(=O)OCC[C@@H]12. The lowest BCUT2D eigenvalue weighted by Crippen LogP contribution is -2.61. The van der Waals surface area contributed by atoms with Crippen LogP contribution in [-0.2, 0) is 23.7 Å². The molecule has 10 nitrogen and oxygen atoms in total. The Morgan fingerprint density at radius 1 is 1.19 bits per heavy atom. The predicted octanol–water partition coefficient (Wildman–Crippen LogP) is -2.66. The molecule has 3 heterocycles. The van der Waals surface area contributed by atoms with Crippen LogP contribution in [0.25, 0.3) is 0 Å². The molecule has 5 N–H and O–H groups in total. The summed E-state index contributed by atoms with van der Waals surface area (Å²) in [5.74, 6) is -1.68. The summed E-state index contributed by atoms with van der Waals surface area (Å²) in [5.41, 5.74) is 0. The number of aliphatic hydroxyl groups is 5. The van der Waals surface area contributed by atoms with Crippen LogP contribution in [0, 0.1) is 17.8 Å². The van der Waals surface area contributed by atoms with Gasteiger partial charge in [0.05, 0.1) is 31.8 Å². The molecule has 0 spiro atoms. The molecule has 0 aromatic rings. The highest BCUT2D eigenvalue weighted by Crippen LogP contribution is 2.40. The summed E-state index contributed by atoms with van der Waals surface area (Å²) in [6.45, 7) is 1.26. The first-order valence-corrected chi connectivity index (χ1v) is 8.77. The van der Waals surface area contributed by atoms with Gasteiger partial charge >= 0.3 is 5.97 Å². The zero-order chi connectivity index (χ0) is 19.0. The van der Waals surface area contributed by atoms with E-state index in [2.05, 4.69) is 0 Å². The molecule has 10 atom stereocenters. The second kappa shape index (κ2) is 8.03. The van der Waals surface area contributed by atoms with Gasteiger partial charge in [0.25, 0.3) is 0 Å². The number of hydrogen-bond acceptors (Lipinski definition) is 10. The van der Waals surface area contributed by atoms with Crippen molar-refractivity contribution in [3.8, 4) is 0 Å². The van der Waals surface area contributed by atoms with Crippen molar-refractivity contribution in [1.82, 2.24) is 0 Å². The average Bonchev–Trinajstić information content (AvgIpc) is 2.61. The number of esters is 1. The van der Waals surface area contributed by atoms with E-state index >= 15 is 0 Å². The molecule has 0 saturated carbocycles. The van der Waals surface area contributed by atoms with Gasteiger partial charge in [0.1, 0.15) is 24.4 Å². The molecule has 3 saturated heterocycles. The zero-order valence-corrected chi connectivity index (χ0v) is 14.4. The number of carbonyl (C=O) groups is 1. The number of rotatable bonds is 4. The first-order valence-electron chi connectivity index (χ1n) is 8.77. The first kappa shape index (κ1) is 19.9. The molecule has 10 heteroatoms. The molecule has 0 aliphatic carbocycles. The Balaban J connectivity index is 1.74. The van der Waals surface area contributed by atoms with Crippen LogP contribution < -0.4 is 0 Å². The van der Waals surface area contributed by atoms with E-state index in [0.717, 1.165) is 0 Å². The highest BCUT2D eigenvalue weighted by Gasteiger charge is 2.51. The van der Waals surface area contributed by atoms with Crippen LogP contribution in [0.4, 0.5) is 0 Å². The van der Waals surface area contributed by atoms with Crippen LogP contribution in [0.2, 0.25) is 0 Å². The quantitative estimate of drug-likeness (QED) is 0.327. The molecule has 0 bridgehead atoms. The van der Waals surface area contributed by atoms with Gasteiger partial charge in [0.15, 0.2) is 12.6 Å². The fourth-order valence-electron chi connectivity index (χ4n) is 3.97. The van der Waals surface area contributed by atoms with Gasteiger partial charge in [-0.2, -0.15) is 0 Å². The fourth-order valence-corrected chi connectivity index (χ4v) is 3.97. The van der Waals surface area contributed by atoms with Gasteiger partial charge in [-0.25, -0.2) is 0 Å². The van der Waals surface area contributed by atoms with E-state index < -0.39 is 61.5 Å². The number of ether oxygens (including phenoxy) is 4. The average molecular weight is 378 g/mol. The number of hydrogen-bond donors (Lipinski definition) is 5.